The summed E-state index contributed by atoms with van der Waals surface area (Å²) in [5, 5.41) is 5.17. The number of aromatic nitrogens is 2. The Labute approximate surface area is 120 Å². The highest BCUT2D eigenvalue weighted by Gasteiger charge is 2.11. The quantitative estimate of drug-likeness (QED) is 0.889. The standard InChI is InChI=1S/C14H14F2N4O/c1-2-6-17-14(21)11-7-12(19-8-18-11)20-13-9(15)4-3-5-10(13)16/h3-5,7-8H,2,6H2,1H3,(H,17,21)(H,18,19,20). The van der Waals surface area contributed by atoms with Gasteiger partial charge in [-0.1, -0.05) is 13.0 Å². The molecule has 0 aliphatic carbocycles. The number of carbonyl (C=O) groups excluding carboxylic acids is 1. The molecule has 0 unspecified atom stereocenters. The van der Waals surface area contributed by atoms with E-state index >= 15 is 0 Å². The highest BCUT2D eigenvalue weighted by Crippen LogP contribution is 2.21. The number of hydrogen-bond acceptors (Lipinski definition) is 4. The fraction of sp³-hybridized carbons (Fsp3) is 0.214. The van der Waals surface area contributed by atoms with Crippen LogP contribution in [0.15, 0.2) is 30.6 Å². The van der Waals surface area contributed by atoms with E-state index in [4.69, 9.17) is 0 Å². The number of halogens is 2. The third kappa shape index (κ3) is 3.71. The zero-order valence-corrected chi connectivity index (χ0v) is 11.4. The minimum Gasteiger partial charge on any atom is -0.351 e. The first-order valence-electron chi connectivity index (χ1n) is 6.43. The molecule has 0 aliphatic rings. The van der Waals surface area contributed by atoms with Crippen molar-refractivity contribution in [2.24, 2.45) is 0 Å². The molecular formula is C14H14F2N4O. The Hall–Kier alpha value is -2.57. The molecule has 5 nitrogen and oxygen atoms in total. The smallest absolute Gasteiger partial charge is 0.270 e. The molecule has 21 heavy (non-hydrogen) atoms. The van der Waals surface area contributed by atoms with Crippen molar-refractivity contribution in [2.45, 2.75) is 13.3 Å². The molecule has 0 saturated heterocycles. The number of benzene rings is 1. The summed E-state index contributed by atoms with van der Waals surface area (Å²) in [6.45, 7) is 2.45. The Kier molecular flexibility index (Phi) is 4.76. The summed E-state index contributed by atoms with van der Waals surface area (Å²) < 4.78 is 27.1. The number of rotatable bonds is 5. The van der Waals surface area contributed by atoms with Crippen molar-refractivity contribution in [1.29, 1.82) is 0 Å². The second kappa shape index (κ2) is 6.74. The molecule has 2 rings (SSSR count). The first-order chi connectivity index (χ1) is 10.1. The van der Waals surface area contributed by atoms with E-state index in [0.717, 1.165) is 24.9 Å². The molecule has 0 radical (unpaired) electrons. The Balaban J connectivity index is 2.20. The molecule has 1 amide bonds. The molecule has 0 fully saturated rings. The molecule has 1 aromatic heterocycles. The van der Waals surface area contributed by atoms with Gasteiger partial charge in [-0.2, -0.15) is 0 Å². The highest BCUT2D eigenvalue weighted by molar-refractivity contribution is 5.92. The number of anilines is 2. The molecule has 110 valence electrons. The van der Waals surface area contributed by atoms with Gasteiger partial charge in [0, 0.05) is 12.6 Å². The average molecular weight is 292 g/mol. The van der Waals surface area contributed by atoms with Crippen LogP contribution in [0, 0.1) is 11.6 Å². The minimum atomic E-state index is -0.745. The third-order valence-electron chi connectivity index (χ3n) is 2.65. The van der Waals surface area contributed by atoms with Gasteiger partial charge in [0.25, 0.3) is 5.91 Å². The predicted octanol–water partition coefficient (Wildman–Crippen LogP) is 2.64. The van der Waals surface area contributed by atoms with Gasteiger partial charge in [-0.3, -0.25) is 4.79 Å². The largest absolute Gasteiger partial charge is 0.351 e. The zero-order valence-electron chi connectivity index (χ0n) is 11.4. The molecule has 1 heterocycles. The predicted molar refractivity (Wildman–Crippen MR) is 74.3 cm³/mol. The number of nitrogens with one attached hydrogen (secondary N) is 2. The van der Waals surface area contributed by atoms with Crippen LogP contribution in [0.25, 0.3) is 0 Å². The van der Waals surface area contributed by atoms with Crippen molar-refractivity contribution < 1.29 is 13.6 Å². The lowest BCUT2D eigenvalue weighted by Gasteiger charge is -2.08. The van der Waals surface area contributed by atoms with Crippen LogP contribution in [0.1, 0.15) is 23.8 Å². The number of hydrogen-bond donors (Lipinski definition) is 2. The Morgan fingerprint density at radius 3 is 2.62 bits per heavy atom. The molecule has 0 saturated carbocycles. The summed E-state index contributed by atoms with van der Waals surface area (Å²) in [7, 11) is 0. The van der Waals surface area contributed by atoms with Crippen LogP contribution >= 0.6 is 0 Å². The molecule has 0 aliphatic heterocycles. The summed E-state index contributed by atoms with van der Waals surface area (Å²) in [5.74, 6) is -1.72. The molecule has 2 aromatic rings. The summed E-state index contributed by atoms with van der Waals surface area (Å²) in [6.07, 6.45) is 1.95. The van der Waals surface area contributed by atoms with Gasteiger partial charge in [-0.15, -0.1) is 0 Å². The molecule has 0 atom stereocenters. The Morgan fingerprint density at radius 2 is 1.95 bits per heavy atom. The lowest BCUT2D eigenvalue weighted by atomic mass is 10.3. The molecular weight excluding hydrogens is 278 g/mol. The van der Waals surface area contributed by atoms with E-state index < -0.39 is 11.6 Å². The maximum Gasteiger partial charge on any atom is 0.270 e. The van der Waals surface area contributed by atoms with Crippen LogP contribution in [0.4, 0.5) is 20.3 Å². The number of carbonyl (C=O) groups is 1. The molecule has 0 bridgehead atoms. The van der Waals surface area contributed by atoms with Crippen LogP contribution in [0.5, 0.6) is 0 Å². The number of amides is 1. The van der Waals surface area contributed by atoms with Crippen LogP contribution < -0.4 is 10.6 Å². The van der Waals surface area contributed by atoms with Crippen LogP contribution in [-0.2, 0) is 0 Å². The summed E-state index contributed by atoms with van der Waals surface area (Å²) in [4.78, 5) is 19.4. The maximum absolute atomic E-state index is 13.5. The number of para-hydroxylation sites is 1. The van der Waals surface area contributed by atoms with E-state index in [9.17, 15) is 13.6 Å². The SMILES string of the molecule is CCCNC(=O)c1cc(Nc2c(F)cccc2F)ncn1. The van der Waals surface area contributed by atoms with Crippen molar-refractivity contribution in [3.63, 3.8) is 0 Å². The fourth-order valence-electron chi connectivity index (χ4n) is 1.62. The van der Waals surface area contributed by atoms with E-state index in [1.165, 1.54) is 12.1 Å². The lowest BCUT2D eigenvalue weighted by Crippen LogP contribution is -2.25. The molecule has 0 spiro atoms. The van der Waals surface area contributed by atoms with Gasteiger partial charge >= 0.3 is 0 Å². The van der Waals surface area contributed by atoms with Gasteiger partial charge in [-0.05, 0) is 18.6 Å². The normalized spacial score (nSPS) is 10.2. The van der Waals surface area contributed by atoms with Crippen molar-refractivity contribution in [1.82, 2.24) is 15.3 Å². The van der Waals surface area contributed by atoms with E-state index in [1.54, 1.807) is 0 Å². The van der Waals surface area contributed by atoms with Gasteiger partial charge < -0.3 is 10.6 Å². The van der Waals surface area contributed by atoms with E-state index in [2.05, 4.69) is 20.6 Å². The Bertz CT molecular complexity index is 628. The third-order valence-corrected chi connectivity index (χ3v) is 2.65. The highest BCUT2D eigenvalue weighted by atomic mass is 19.1. The van der Waals surface area contributed by atoms with Crippen LogP contribution in [-0.4, -0.2) is 22.4 Å². The second-order valence-corrected chi connectivity index (χ2v) is 4.27. The van der Waals surface area contributed by atoms with Crippen molar-refractivity contribution >= 4 is 17.4 Å². The average Bonchev–Trinajstić information content (AvgIpc) is 2.49. The first-order valence-corrected chi connectivity index (χ1v) is 6.43. The van der Waals surface area contributed by atoms with Crippen molar-refractivity contribution in [3.8, 4) is 0 Å². The fourth-order valence-corrected chi connectivity index (χ4v) is 1.62. The molecule has 7 heteroatoms. The van der Waals surface area contributed by atoms with Gasteiger partial charge in [0.15, 0.2) is 0 Å². The molecule has 2 N–H and O–H groups in total. The van der Waals surface area contributed by atoms with Crippen molar-refractivity contribution in [2.75, 3.05) is 11.9 Å². The van der Waals surface area contributed by atoms with Crippen molar-refractivity contribution in [3.05, 3.63) is 47.9 Å². The first kappa shape index (κ1) is 14.8. The zero-order chi connectivity index (χ0) is 15.2. The van der Waals surface area contributed by atoms with E-state index in [-0.39, 0.29) is 23.1 Å². The van der Waals surface area contributed by atoms with Crippen LogP contribution in [0.2, 0.25) is 0 Å². The van der Waals surface area contributed by atoms with Gasteiger partial charge in [0.05, 0.1) is 0 Å². The lowest BCUT2D eigenvalue weighted by molar-refractivity contribution is 0.0948. The summed E-state index contributed by atoms with van der Waals surface area (Å²) in [5.41, 5.74) is -0.200. The van der Waals surface area contributed by atoms with Crippen LogP contribution in [0.3, 0.4) is 0 Å². The minimum absolute atomic E-state index is 0.123. The van der Waals surface area contributed by atoms with Gasteiger partial charge in [0.1, 0.15) is 35.2 Å². The van der Waals surface area contributed by atoms with Gasteiger partial charge in [0.2, 0.25) is 0 Å². The number of nitrogens with zero attached hydrogens (tertiary/aromatic N) is 2. The van der Waals surface area contributed by atoms with Gasteiger partial charge in [-0.25, -0.2) is 18.7 Å². The topological polar surface area (TPSA) is 66.9 Å². The summed E-state index contributed by atoms with van der Waals surface area (Å²) in [6, 6.07) is 4.85. The van der Waals surface area contributed by atoms with E-state index in [1.807, 2.05) is 6.92 Å². The monoisotopic (exact) mass is 292 g/mol. The Morgan fingerprint density at radius 1 is 1.24 bits per heavy atom. The summed E-state index contributed by atoms with van der Waals surface area (Å²) >= 11 is 0. The second-order valence-electron chi connectivity index (χ2n) is 4.27. The van der Waals surface area contributed by atoms with E-state index in [0.29, 0.717) is 6.54 Å². The maximum atomic E-state index is 13.5. The molecule has 1 aromatic carbocycles.